The summed E-state index contributed by atoms with van der Waals surface area (Å²) in [6.45, 7) is 7.04. The van der Waals surface area contributed by atoms with Crippen LogP contribution < -0.4 is 4.74 Å². The van der Waals surface area contributed by atoms with Crippen LogP contribution in [-0.2, 0) is 14.3 Å². The number of likely N-dealkylation sites (N-methyl/N-ethyl adjacent to an activating group) is 1. The quantitative estimate of drug-likeness (QED) is 0.546. The Morgan fingerprint density at radius 3 is 2.45 bits per heavy atom. The van der Waals surface area contributed by atoms with Gasteiger partial charge in [-0.15, -0.1) is 11.3 Å². The monoisotopic (exact) mass is 473 g/mol. The molecule has 0 bridgehead atoms. The molecule has 1 saturated heterocycles. The normalized spacial score (nSPS) is 14.3. The molecular formula is C24H31N3O5S. The van der Waals surface area contributed by atoms with Gasteiger partial charge in [0.2, 0.25) is 5.91 Å². The minimum Gasteiger partial charge on any atom is -0.491 e. The molecule has 1 fully saturated rings. The minimum absolute atomic E-state index is 0.0307. The fourth-order valence-corrected chi connectivity index (χ4v) is 4.45. The number of likely N-dealkylation sites (tertiary alicyclic amines) is 1. The van der Waals surface area contributed by atoms with Crippen molar-refractivity contribution in [3.63, 3.8) is 0 Å². The van der Waals surface area contributed by atoms with Crippen LogP contribution in [-0.4, -0.2) is 72.0 Å². The molecule has 0 N–H and O–H groups in total. The highest BCUT2D eigenvalue weighted by molar-refractivity contribution is 7.13. The van der Waals surface area contributed by atoms with Crippen molar-refractivity contribution in [1.82, 2.24) is 14.8 Å². The van der Waals surface area contributed by atoms with Gasteiger partial charge in [-0.2, -0.15) is 0 Å². The number of amides is 2. The summed E-state index contributed by atoms with van der Waals surface area (Å²) >= 11 is 1.38. The van der Waals surface area contributed by atoms with Gasteiger partial charge in [-0.3, -0.25) is 14.4 Å². The van der Waals surface area contributed by atoms with E-state index in [1.165, 1.54) is 16.2 Å². The van der Waals surface area contributed by atoms with Gasteiger partial charge < -0.3 is 19.3 Å². The van der Waals surface area contributed by atoms with E-state index in [1.54, 1.807) is 24.3 Å². The molecule has 178 valence electrons. The van der Waals surface area contributed by atoms with E-state index >= 15 is 0 Å². The summed E-state index contributed by atoms with van der Waals surface area (Å²) < 4.78 is 10.7. The van der Waals surface area contributed by atoms with Crippen molar-refractivity contribution in [2.75, 3.05) is 33.3 Å². The number of hydrogen-bond acceptors (Lipinski definition) is 7. The largest absolute Gasteiger partial charge is 0.491 e. The first-order valence-corrected chi connectivity index (χ1v) is 12.1. The van der Waals surface area contributed by atoms with Crippen LogP contribution in [0.4, 0.5) is 0 Å². The average Bonchev–Trinajstić information content (AvgIpc) is 3.29. The van der Waals surface area contributed by atoms with E-state index in [4.69, 9.17) is 9.47 Å². The number of benzene rings is 1. The molecule has 0 spiro atoms. The fourth-order valence-electron chi connectivity index (χ4n) is 3.65. The van der Waals surface area contributed by atoms with E-state index in [-0.39, 0.29) is 36.4 Å². The van der Waals surface area contributed by atoms with Crippen LogP contribution in [0.15, 0.2) is 29.6 Å². The topological polar surface area (TPSA) is 89.0 Å². The van der Waals surface area contributed by atoms with Crippen molar-refractivity contribution < 1.29 is 23.9 Å². The SMILES string of the molecule is CCOC(=O)C1CCN(C(=O)CN(C)C(=O)c2csc(-c3ccc(OC(C)C)cc3)n2)CC1. The number of ether oxygens (including phenoxy) is 2. The van der Waals surface area contributed by atoms with Crippen molar-refractivity contribution >= 4 is 29.1 Å². The number of piperidine rings is 1. The van der Waals surface area contributed by atoms with E-state index in [1.807, 2.05) is 38.1 Å². The van der Waals surface area contributed by atoms with Gasteiger partial charge in [0.25, 0.3) is 5.91 Å². The highest BCUT2D eigenvalue weighted by atomic mass is 32.1. The molecule has 0 unspecified atom stereocenters. The minimum atomic E-state index is -0.299. The van der Waals surface area contributed by atoms with Crippen LogP contribution in [0.25, 0.3) is 10.6 Å². The molecule has 8 nitrogen and oxygen atoms in total. The zero-order valence-corrected chi connectivity index (χ0v) is 20.4. The summed E-state index contributed by atoms with van der Waals surface area (Å²) in [7, 11) is 1.60. The van der Waals surface area contributed by atoms with Crippen LogP contribution in [0.2, 0.25) is 0 Å². The first-order chi connectivity index (χ1) is 15.8. The van der Waals surface area contributed by atoms with Crippen LogP contribution in [0, 0.1) is 5.92 Å². The predicted molar refractivity (Wildman–Crippen MR) is 126 cm³/mol. The molecule has 0 radical (unpaired) electrons. The molecule has 9 heteroatoms. The maximum absolute atomic E-state index is 12.8. The van der Waals surface area contributed by atoms with Crippen molar-refractivity contribution in [3.8, 4) is 16.3 Å². The summed E-state index contributed by atoms with van der Waals surface area (Å²) in [6, 6.07) is 7.60. The molecule has 1 aromatic heterocycles. The molecule has 2 aromatic rings. The van der Waals surface area contributed by atoms with Gasteiger partial charge in [-0.25, -0.2) is 4.98 Å². The predicted octanol–water partition coefficient (Wildman–Crippen LogP) is 3.47. The lowest BCUT2D eigenvalue weighted by atomic mass is 9.97. The van der Waals surface area contributed by atoms with Gasteiger partial charge in [0.15, 0.2) is 0 Å². The highest BCUT2D eigenvalue weighted by Crippen LogP contribution is 2.26. The second-order valence-corrected chi connectivity index (χ2v) is 9.16. The van der Waals surface area contributed by atoms with E-state index in [0.29, 0.717) is 38.2 Å². The van der Waals surface area contributed by atoms with E-state index < -0.39 is 0 Å². The van der Waals surface area contributed by atoms with Gasteiger partial charge in [0.1, 0.15) is 16.5 Å². The summed E-state index contributed by atoms with van der Waals surface area (Å²) in [5.74, 6) is -0.00590. The smallest absolute Gasteiger partial charge is 0.309 e. The first kappa shape index (κ1) is 24.7. The lowest BCUT2D eigenvalue weighted by Crippen LogP contribution is -2.45. The lowest BCUT2D eigenvalue weighted by Gasteiger charge is -2.32. The zero-order chi connectivity index (χ0) is 24.0. The lowest BCUT2D eigenvalue weighted by molar-refractivity contribution is -0.151. The third kappa shape index (κ3) is 6.54. The van der Waals surface area contributed by atoms with Crippen LogP contribution in [0.3, 0.4) is 0 Å². The molecule has 1 aliphatic heterocycles. The molecule has 1 aromatic carbocycles. The van der Waals surface area contributed by atoms with Crippen molar-refractivity contribution in [3.05, 3.63) is 35.3 Å². The number of nitrogens with zero attached hydrogens (tertiary/aromatic N) is 3. The summed E-state index contributed by atoms with van der Waals surface area (Å²) in [6.07, 6.45) is 1.26. The molecule has 0 atom stereocenters. The summed E-state index contributed by atoms with van der Waals surface area (Å²) in [5.41, 5.74) is 1.21. The highest BCUT2D eigenvalue weighted by Gasteiger charge is 2.29. The number of hydrogen-bond donors (Lipinski definition) is 0. The number of carbonyl (C=O) groups excluding carboxylic acids is 3. The van der Waals surface area contributed by atoms with E-state index in [9.17, 15) is 14.4 Å². The second kappa shape index (κ2) is 11.3. The van der Waals surface area contributed by atoms with Crippen molar-refractivity contribution in [1.29, 1.82) is 0 Å². The van der Waals surface area contributed by atoms with Crippen molar-refractivity contribution in [2.24, 2.45) is 5.92 Å². The second-order valence-electron chi connectivity index (χ2n) is 8.30. The standard InChI is InChI=1S/C24H31N3O5S/c1-5-31-24(30)18-10-12-27(13-11-18)21(28)14-26(4)23(29)20-15-33-22(25-20)17-6-8-19(9-7-17)32-16(2)3/h6-9,15-16,18H,5,10-14H2,1-4H3. The van der Waals surface area contributed by atoms with Gasteiger partial charge in [0.05, 0.1) is 25.2 Å². The number of esters is 1. The Hall–Kier alpha value is -2.94. The third-order valence-electron chi connectivity index (χ3n) is 5.38. The zero-order valence-electron chi connectivity index (χ0n) is 19.6. The molecule has 1 aliphatic rings. The van der Waals surface area contributed by atoms with E-state index in [0.717, 1.165) is 16.3 Å². The van der Waals surface area contributed by atoms with Gasteiger partial charge in [-0.1, -0.05) is 0 Å². The average molecular weight is 474 g/mol. The van der Waals surface area contributed by atoms with Gasteiger partial charge in [-0.05, 0) is 57.9 Å². The Kier molecular flexibility index (Phi) is 8.43. The molecule has 33 heavy (non-hydrogen) atoms. The Balaban J connectivity index is 1.54. The molecule has 3 rings (SSSR count). The number of aromatic nitrogens is 1. The summed E-state index contributed by atoms with van der Waals surface area (Å²) in [4.78, 5) is 44.9. The Labute approximate surface area is 198 Å². The van der Waals surface area contributed by atoms with Gasteiger partial charge >= 0.3 is 5.97 Å². The Morgan fingerprint density at radius 1 is 1.18 bits per heavy atom. The molecule has 0 saturated carbocycles. The summed E-state index contributed by atoms with van der Waals surface area (Å²) in [5, 5.41) is 2.44. The van der Waals surface area contributed by atoms with Gasteiger partial charge in [0, 0.05) is 31.1 Å². The number of carbonyl (C=O) groups is 3. The molecular weight excluding hydrogens is 442 g/mol. The van der Waals surface area contributed by atoms with Crippen LogP contribution in [0.1, 0.15) is 44.1 Å². The fraction of sp³-hybridized carbons (Fsp3) is 0.500. The number of thiazole rings is 1. The molecule has 2 heterocycles. The van der Waals surface area contributed by atoms with Crippen LogP contribution >= 0.6 is 11.3 Å². The Bertz CT molecular complexity index is 965. The number of rotatable bonds is 8. The maximum atomic E-state index is 12.8. The Morgan fingerprint density at radius 2 is 1.85 bits per heavy atom. The van der Waals surface area contributed by atoms with Crippen LogP contribution in [0.5, 0.6) is 5.75 Å². The van der Waals surface area contributed by atoms with Crippen molar-refractivity contribution in [2.45, 2.75) is 39.7 Å². The maximum Gasteiger partial charge on any atom is 0.309 e. The third-order valence-corrected chi connectivity index (χ3v) is 6.27. The van der Waals surface area contributed by atoms with E-state index in [2.05, 4.69) is 4.98 Å². The molecule has 0 aliphatic carbocycles. The molecule has 2 amide bonds. The first-order valence-electron chi connectivity index (χ1n) is 11.2.